The van der Waals surface area contributed by atoms with Gasteiger partial charge in [0.15, 0.2) is 28.3 Å². The molecule has 1 heterocycles. The van der Waals surface area contributed by atoms with E-state index in [2.05, 4.69) is 0 Å². The minimum atomic E-state index is -0.915. The first kappa shape index (κ1) is 22.5. The van der Waals surface area contributed by atoms with E-state index in [0.29, 0.717) is 30.1 Å². The highest BCUT2D eigenvalue weighted by molar-refractivity contribution is 5.81. The van der Waals surface area contributed by atoms with Gasteiger partial charge in [-0.3, -0.25) is 4.79 Å². The Morgan fingerprint density at radius 3 is 2.58 bits per heavy atom. The SMILES string of the molecule is CC.COc1cccc(/C=C/c2oc3c(F)cc(F)cc3c(=O)c2C)c1OCC1CC1. The van der Waals surface area contributed by atoms with Gasteiger partial charge in [0.25, 0.3) is 0 Å². The maximum Gasteiger partial charge on any atom is 0.196 e. The fourth-order valence-electron chi connectivity index (χ4n) is 3.12. The van der Waals surface area contributed by atoms with Crippen LogP contribution < -0.4 is 14.9 Å². The molecule has 0 N–H and O–H groups in total. The van der Waals surface area contributed by atoms with Crippen molar-refractivity contribution >= 4 is 23.1 Å². The summed E-state index contributed by atoms with van der Waals surface area (Å²) < 4.78 is 44.5. The lowest BCUT2D eigenvalue weighted by Crippen LogP contribution is -2.08. The zero-order valence-electron chi connectivity index (χ0n) is 18.1. The van der Waals surface area contributed by atoms with E-state index in [-0.39, 0.29) is 22.3 Å². The van der Waals surface area contributed by atoms with Crippen molar-refractivity contribution in [1.82, 2.24) is 0 Å². The van der Waals surface area contributed by atoms with Crippen LogP contribution in [0, 0.1) is 24.5 Å². The van der Waals surface area contributed by atoms with Crippen molar-refractivity contribution in [2.75, 3.05) is 13.7 Å². The molecular formula is C25H26F2O4. The van der Waals surface area contributed by atoms with Gasteiger partial charge in [-0.2, -0.15) is 0 Å². The number of para-hydroxylation sites is 1. The Morgan fingerprint density at radius 1 is 1.16 bits per heavy atom. The summed E-state index contributed by atoms with van der Waals surface area (Å²) in [6.07, 6.45) is 5.63. The van der Waals surface area contributed by atoms with Crippen LogP contribution in [-0.4, -0.2) is 13.7 Å². The molecule has 3 aromatic rings. The number of fused-ring (bicyclic) bond motifs is 1. The average molecular weight is 428 g/mol. The summed E-state index contributed by atoms with van der Waals surface area (Å²) in [4.78, 5) is 12.5. The van der Waals surface area contributed by atoms with Crippen LogP contribution in [0.25, 0.3) is 23.1 Å². The molecule has 164 valence electrons. The summed E-state index contributed by atoms with van der Waals surface area (Å²) in [6.45, 7) is 6.17. The molecule has 1 saturated carbocycles. The molecule has 1 aromatic heterocycles. The predicted molar refractivity (Wildman–Crippen MR) is 119 cm³/mol. The molecule has 0 spiro atoms. The number of halogens is 2. The van der Waals surface area contributed by atoms with Crippen LogP contribution in [0.3, 0.4) is 0 Å². The lowest BCUT2D eigenvalue weighted by Gasteiger charge is -2.13. The van der Waals surface area contributed by atoms with E-state index in [1.807, 2.05) is 32.0 Å². The zero-order chi connectivity index (χ0) is 22.5. The van der Waals surface area contributed by atoms with Gasteiger partial charge in [-0.05, 0) is 50.0 Å². The molecule has 0 atom stereocenters. The first-order chi connectivity index (χ1) is 15.0. The van der Waals surface area contributed by atoms with E-state index in [0.717, 1.165) is 24.5 Å². The van der Waals surface area contributed by atoms with Gasteiger partial charge in [0.1, 0.15) is 11.6 Å². The Kier molecular flexibility index (Phi) is 7.10. The average Bonchev–Trinajstić information content (AvgIpc) is 3.60. The molecule has 0 bridgehead atoms. The predicted octanol–water partition coefficient (Wildman–Crippen LogP) is 6.37. The van der Waals surface area contributed by atoms with Gasteiger partial charge in [-0.1, -0.05) is 26.0 Å². The van der Waals surface area contributed by atoms with Crippen LogP contribution in [0.2, 0.25) is 0 Å². The fraction of sp³-hybridized carbons (Fsp3) is 0.320. The molecule has 1 aliphatic rings. The Morgan fingerprint density at radius 2 is 1.90 bits per heavy atom. The Bertz CT molecular complexity index is 1160. The van der Waals surface area contributed by atoms with E-state index < -0.39 is 17.1 Å². The summed E-state index contributed by atoms with van der Waals surface area (Å²) in [5.41, 5.74) is 0.270. The van der Waals surface area contributed by atoms with E-state index in [4.69, 9.17) is 13.9 Å². The summed E-state index contributed by atoms with van der Waals surface area (Å²) in [5.74, 6) is 0.239. The second kappa shape index (κ2) is 9.77. The first-order valence-corrected chi connectivity index (χ1v) is 10.4. The maximum absolute atomic E-state index is 14.1. The molecule has 4 rings (SSSR count). The van der Waals surface area contributed by atoms with Gasteiger partial charge in [-0.25, -0.2) is 8.78 Å². The Balaban J connectivity index is 0.00000132. The van der Waals surface area contributed by atoms with Crippen molar-refractivity contribution in [3.63, 3.8) is 0 Å². The fourth-order valence-corrected chi connectivity index (χ4v) is 3.12. The number of rotatable bonds is 6. The smallest absolute Gasteiger partial charge is 0.196 e. The third-order valence-electron chi connectivity index (χ3n) is 4.98. The van der Waals surface area contributed by atoms with Crippen LogP contribution in [0.1, 0.15) is 43.6 Å². The van der Waals surface area contributed by atoms with Crippen molar-refractivity contribution < 1.29 is 22.7 Å². The molecule has 0 amide bonds. The number of hydrogen-bond donors (Lipinski definition) is 0. The number of methoxy groups -OCH3 is 1. The first-order valence-electron chi connectivity index (χ1n) is 10.4. The normalized spacial score (nSPS) is 13.2. The summed E-state index contributed by atoms with van der Waals surface area (Å²) >= 11 is 0. The third kappa shape index (κ3) is 4.95. The number of ether oxygens (including phenoxy) is 2. The molecular weight excluding hydrogens is 402 g/mol. The third-order valence-corrected chi connectivity index (χ3v) is 4.98. The standard InChI is InChI=1S/C23H20F2O4.C2H6/c1-13-19(29-23-17(21(13)26)10-16(24)11-18(23)25)9-8-15-4-3-5-20(27-2)22(15)28-12-14-6-7-14;1-2/h3-5,8-11,14H,6-7,12H2,1-2H3;1-2H3/b9-8+;. The molecule has 0 radical (unpaired) electrons. The largest absolute Gasteiger partial charge is 0.493 e. The molecule has 0 aliphatic heterocycles. The van der Waals surface area contributed by atoms with Crippen molar-refractivity contribution in [3.05, 3.63) is 69.1 Å². The van der Waals surface area contributed by atoms with Crippen LogP contribution in [0.5, 0.6) is 11.5 Å². The van der Waals surface area contributed by atoms with Crippen LogP contribution in [0.15, 0.2) is 39.5 Å². The zero-order valence-corrected chi connectivity index (χ0v) is 18.1. The van der Waals surface area contributed by atoms with Crippen LogP contribution in [-0.2, 0) is 0 Å². The van der Waals surface area contributed by atoms with Gasteiger partial charge in [0.2, 0.25) is 0 Å². The maximum atomic E-state index is 14.1. The molecule has 0 unspecified atom stereocenters. The molecule has 31 heavy (non-hydrogen) atoms. The van der Waals surface area contributed by atoms with Gasteiger partial charge in [0, 0.05) is 17.2 Å². The second-order valence-corrected chi connectivity index (χ2v) is 7.15. The lowest BCUT2D eigenvalue weighted by molar-refractivity contribution is 0.280. The van der Waals surface area contributed by atoms with Crippen LogP contribution >= 0.6 is 0 Å². The number of benzene rings is 2. The van der Waals surface area contributed by atoms with Gasteiger partial charge in [0.05, 0.1) is 19.1 Å². The molecule has 1 fully saturated rings. The highest BCUT2D eigenvalue weighted by atomic mass is 19.1. The second-order valence-electron chi connectivity index (χ2n) is 7.15. The highest BCUT2D eigenvalue weighted by Gasteiger charge is 2.23. The van der Waals surface area contributed by atoms with E-state index >= 15 is 0 Å². The van der Waals surface area contributed by atoms with Gasteiger partial charge >= 0.3 is 0 Å². The van der Waals surface area contributed by atoms with E-state index in [9.17, 15) is 13.6 Å². The molecule has 6 heteroatoms. The van der Waals surface area contributed by atoms with Crippen molar-refractivity contribution in [2.45, 2.75) is 33.6 Å². The molecule has 4 nitrogen and oxygen atoms in total. The monoisotopic (exact) mass is 428 g/mol. The molecule has 0 saturated heterocycles. The molecule has 1 aliphatic carbocycles. The minimum absolute atomic E-state index is 0.119. The van der Waals surface area contributed by atoms with Crippen molar-refractivity contribution in [1.29, 1.82) is 0 Å². The quantitative estimate of drug-likeness (QED) is 0.457. The minimum Gasteiger partial charge on any atom is -0.493 e. The summed E-state index contributed by atoms with van der Waals surface area (Å²) in [6, 6.07) is 7.17. The molecule has 2 aromatic carbocycles. The van der Waals surface area contributed by atoms with Gasteiger partial charge in [-0.15, -0.1) is 0 Å². The van der Waals surface area contributed by atoms with E-state index in [1.165, 1.54) is 0 Å². The Hall–Kier alpha value is -3.15. The highest BCUT2D eigenvalue weighted by Crippen LogP contribution is 2.36. The van der Waals surface area contributed by atoms with Crippen molar-refractivity contribution in [3.8, 4) is 11.5 Å². The topological polar surface area (TPSA) is 48.7 Å². The van der Waals surface area contributed by atoms with Crippen molar-refractivity contribution in [2.24, 2.45) is 5.92 Å². The van der Waals surface area contributed by atoms with Gasteiger partial charge < -0.3 is 13.9 Å². The lowest BCUT2D eigenvalue weighted by atomic mass is 10.1. The summed E-state index contributed by atoms with van der Waals surface area (Å²) in [7, 11) is 1.57. The van der Waals surface area contributed by atoms with Crippen LogP contribution in [0.4, 0.5) is 8.78 Å². The number of hydrogen-bond acceptors (Lipinski definition) is 4. The Labute approximate surface area is 180 Å². The van der Waals surface area contributed by atoms with E-state index in [1.54, 1.807) is 26.2 Å². The summed E-state index contributed by atoms with van der Waals surface area (Å²) in [5, 5.41) is -0.119.